The van der Waals surface area contributed by atoms with Gasteiger partial charge in [0, 0.05) is 62.4 Å². The lowest BCUT2D eigenvalue weighted by Gasteiger charge is -2.34. The van der Waals surface area contributed by atoms with Gasteiger partial charge in [0.1, 0.15) is 9.79 Å². The number of rotatable bonds is 12. The molecule has 0 atom stereocenters. The maximum atomic E-state index is 12.8. The van der Waals surface area contributed by atoms with E-state index in [0.717, 1.165) is 50.0 Å². The lowest BCUT2D eigenvalue weighted by molar-refractivity contribution is 0.131. The highest BCUT2D eigenvalue weighted by molar-refractivity contribution is 7.90. The first-order chi connectivity index (χ1) is 19.3. The summed E-state index contributed by atoms with van der Waals surface area (Å²) in [4.78, 5) is 13.6. The van der Waals surface area contributed by atoms with Crippen molar-refractivity contribution in [1.29, 1.82) is 0 Å². The van der Waals surface area contributed by atoms with Gasteiger partial charge in [-0.2, -0.15) is 0 Å². The Balaban J connectivity index is 1.00. The van der Waals surface area contributed by atoms with E-state index in [1.807, 2.05) is 24.3 Å². The van der Waals surface area contributed by atoms with Crippen molar-refractivity contribution in [2.45, 2.75) is 22.6 Å². The first-order valence-corrected chi connectivity index (χ1v) is 16.4. The highest BCUT2D eigenvalue weighted by atomic mass is 32.2. The standard InChI is InChI=1S/C28H34N6O4S2/c35-39(36,25-11-1-7-23-9-3-13-29-27(23)25)31-15-5-17-33-19-21-34(22-20-33)18-6-16-32-40(37,38)26-12-2-8-24-10-4-14-30-28(24)26/h1-4,7-14,31-32H,5-6,15-22H2. The average Bonchev–Trinajstić information content (AvgIpc) is 2.97. The van der Waals surface area contributed by atoms with Crippen molar-refractivity contribution in [3.8, 4) is 0 Å². The molecule has 1 fully saturated rings. The first-order valence-electron chi connectivity index (χ1n) is 13.4. The van der Waals surface area contributed by atoms with Gasteiger partial charge in [0.25, 0.3) is 0 Å². The van der Waals surface area contributed by atoms with E-state index >= 15 is 0 Å². The Kier molecular flexibility index (Phi) is 9.03. The minimum Gasteiger partial charge on any atom is -0.301 e. The van der Waals surface area contributed by atoms with Crippen molar-refractivity contribution in [1.82, 2.24) is 29.2 Å². The van der Waals surface area contributed by atoms with E-state index in [2.05, 4.69) is 29.2 Å². The summed E-state index contributed by atoms with van der Waals surface area (Å²) in [7, 11) is -7.28. The zero-order valence-corrected chi connectivity index (χ0v) is 23.9. The van der Waals surface area contributed by atoms with Crippen LogP contribution in [-0.4, -0.2) is 89.0 Å². The highest BCUT2D eigenvalue weighted by Crippen LogP contribution is 2.21. The predicted molar refractivity (Wildman–Crippen MR) is 156 cm³/mol. The fourth-order valence-corrected chi connectivity index (χ4v) is 7.50. The Hall–Kier alpha value is -3.00. The van der Waals surface area contributed by atoms with Crippen molar-refractivity contribution >= 4 is 41.9 Å². The van der Waals surface area contributed by atoms with Crippen LogP contribution in [0.4, 0.5) is 0 Å². The molecule has 10 nitrogen and oxygen atoms in total. The molecule has 1 aliphatic heterocycles. The fourth-order valence-electron chi connectivity index (χ4n) is 5.00. The van der Waals surface area contributed by atoms with E-state index < -0.39 is 20.0 Å². The molecule has 0 unspecified atom stereocenters. The van der Waals surface area contributed by atoms with Gasteiger partial charge in [-0.3, -0.25) is 9.97 Å². The third-order valence-electron chi connectivity index (χ3n) is 7.12. The minimum absolute atomic E-state index is 0.204. The first kappa shape index (κ1) is 28.5. The van der Waals surface area contributed by atoms with Crippen molar-refractivity contribution in [3.63, 3.8) is 0 Å². The molecule has 0 bridgehead atoms. The van der Waals surface area contributed by atoms with Crippen LogP contribution in [0.2, 0.25) is 0 Å². The van der Waals surface area contributed by atoms with Crippen molar-refractivity contribution in [2.75, 3.05) is 52.4 Å². The number of para-hydroxylation sites is 2. The Bertz CT molecular complexity index is 1540. The Morgan fingerprint density at radius 3 is 1.43 bits per heavy atom. The smallest absolute Gasteiger partial charge is 0.242 e. The van der Waals surface area contributed by atoms with Gasteiger partial charge in [0.2, 0.25) is 20.0 Å². The summed E-state index contributed by atoms with van der Waals surface area (Å²) in [6, 6.07) is 17.6. The summed E-state index contributed by atoms with van der Waals surface area (Å²) in [5.74, 6) is 0. The SMILES string of the molecule is O=S(=O)(NCCCN1CCN(CCCNS(=O)(=O)c2cccc3cccnc23)CC1)c1cccc2cccnc12. The van der Waals surface area contributed by atoms with Crippen LogP contribution < -0.4 is 9.44 Å². The molecule has 0 aliphatic carbocycles. The number of piperazine rings is 1. The van der Waals surface area contributed by atoms with Gasteiger partial charge in [0.05, 0.1) is 11.0 Å². The van der Waals surface area contributed by atoms with Gasteiger partial charge >= 0.3 is 0 Å². The lowest BCUT2D eigenvalue weighted by atomic mass is 10.2. The number of benzene rings is 2. The molecule has 1 aliphatic rings. The maximum absolute atomic E-state index is 12.8. The average molecular weight is 583 g/mol. The van der Waals surface area contributed by atoms with Crippen LogP contribution in [0.5, 0.6) is 0 Å². The van der Waals surface area contributed by atoms with E-state index in [9.17, 15) is 16.8 Å². The Morgan fingerprint density at radius 1 is 0.600 bits per heavy atom. The van der Waals surface area contributed by atoms with Crippen LogP contribution in [0.3, 0.4) is 0 Å². The van der Waals surface area contributed by atoms with Crippen LogP contribution in [0.25, 0.3) is 21.8 Å². The quantitative estimate of drug-likeness (QED) is 0.244. The monoisotopic (exact) mass is 582 g/mol. The number of fused-ring (bicyclic) bond motifs is 2. The molecule has 12 heteroatoms. The summed E-state index contributed by atoms with van der Waals surface area (Å²) in [6.45, 7) is 5.92. The van der Waals surface area contributed by atoms with Gasteiger partial charge in [-0.05, 0) is 50.2 Å². The van der Waals surface area contributed by atoms with Gasteiger partial charge in [-0.25, -0.2) is 26.3 Å². The topological polar surface area (TPSA) is 125 Å². The van der Waals surface area contributed by atoms with E-state index in [1.165, 1.54) is 0 Å². The van der Waals surface area contributed by atoms with Crippen LogP contribution in [0, 0.1) is 0 Å². The second kappa shape index (κ2) is 12.7. The van der Waals surface area contributed by atoms with Gasteiger partial charge in [0.15, 0.2) is 0 Å². The molecule has 4 aromatic rings. The normalized spacial score (nSPS) is 15.6. The summed E-state index contributed by atoms with van der Waals surface area (Å²) in [5.41, 5.74) is 0.957. The molecule has 5 rings (SSSR count). The summed E-state index contributed by atoms with van der Waals surface area (Å²) < 4.78 is 56.8. The Morgan fingerprint density at radius 2 is 1.00 bits per heavy atom. The number of pyridine rings is 2. The summed E-state index contributed by atoms with van der Waals surface area (Å²) in [5, 5.41) is 1.59. The molecule has 3 heterocycles. The molecule has 0 radical (unpaired) electrons. The number of nitrogens with zero attached hydrogens (tertiary/aromatic N) is 4. The summed E-state index contributed by atoms with van der Waals surface area (Å²) >= 11 is 0. The molecule has 2 aromatic carbocycles. The van der Waals surface area contributed by atoms with Crippen LogP contribution in [-0.2, 0) is 20.0 Å². The minimum atomic E-state index is -3.64. The fraction of sp³-hybridized carbons (Fsp3) is 0.357. The number of hydrogen-bond acceptors (Lipinski definition) is 8. The predicted octanol–water partition coefficient (Wildman–Crippen LogP) is 2.44. The zero-order valence-electron chi connectivity index (χ0n) is 22.2. The highest BCUT2D eigenvalue weighted by Gasteiger charge is 2.20. The van der Waals surface area contributed by atoms with Crippen molar-refractivity contribution in [2.24, 2.45) is 0 Å². The van der Waals surface area contributed by atoms with Crippen molar-refractivity contribution < 1.29 is 16.8 Å². The second-order valence-corrected chi connectivity index (χ2v) is 13.3. The van der Waals surface area contributed by atoms with E-state index in [-0.39, 0.29) is 9.79 Å². The molecular weight excluding hydrogens is 548 g/mol. The Labute approximate surface area is 235 Å². The van der Waals surface area contributed by atoms with Crippen LogP contribution in [0.15, 0.2) is 82.8 Å². The molecule has 1 saturated heterocycles. The van der Waals surface area contributed by atoms with Crippen LogP contribution >= 0.6 is 0 Å². The van der Waals surface area contributed by atoms with Crippen molar-refractivity contribution in [3.05, 3.63) is 73.1 Å². The zero-order chi connectivity index (χ0) is 28.0. The largest absolute Gasteiger partial charge is 0.301 e. The van der Waals surface area contributed by atoms with E-state index in [1.54, 1.807) is 48.8 Å². The number of hydrogen-bond donors (Lipinski definition) is 2. The molecule has 2 aromatic heterocycles. The maximum Gasteiger partial charge on any atom is 0.242 e. The lowest BCUT2D eigenvalue weighted by Crippen LogP contribution is -2.47. The molecule has 2 N–H and O–H groups in total. The number of sulfonamides is 2. The van der Waals surface area contributed by atoms with E-state index in [4.69, 9.17) is 0 Å². The molecule has 0 spiro atoms. The number of aromatic nitrogens is 2. The molecule has 40 heavy (non-hydrogen) atoms. The molecule has 0 saturated carbocycles. The molecular formula is C28H34N6O4S2. The number of nitrogens with one attached hydrogen (secondary N) is 2. The van der Waals surface area contributed by atoms with Gasteiger partial charge in [-0.1, -0.05) is 36.4 Å². The second-order valence-electron chi connectivity index (χ2n) is 9.85. The van der Waals surface area contributed by atoms with Gasteiger partial charge in [-0.15, -0.1) is 0 Å². The third kappa shape index (κ3) is 6.82. The third-order valence-corrected chi connectivity index (χ3v) is 10.1. The molecule has 212 valence electrons. The summed E-state index contributed by atoms with van der Waals surface area (Å²) in [6.07, 6.45) is 4.62. The van der Waals surface area contributed by atoms with E-state index in [0.29, 0.717) is 37.0 Å². The van der Waals surface area contributed by atoms with Crippen LogP contribution in [0.1, 0.15) is 12.8 Å². The molecule has 0 amide bonds. The van der Waals surface area contributed by atoms with Gasteiger partial charge < -0.3 is 9.80 Å².